The molecule has 9 heteroatoms. The smallest absolute Gasteiger partial charge is 0.257 e. The fourth-order valence-corrected chi connectivity index (χ4v) is 3.88. The van der Waals surface area contributed by atoms with Crippen LogP contribution in [0.4, 0.5) is 17.2 Å². The lowest BCUT2D eigenvalue weighted by atomic mass is 10.1. The molecule has 0 atom stereocenters. The zero-order chi connectivity index (χ0) is 24.2. The number of carbonyl (C=O) groups excluding carboxylic acids is 2. The number of rotatable bonds is 6. The maximum absolute atomic E-state index is 13.1. The molecule has 9 nitrogen and oxygen atoms in total. The number of amides is 2. The van der Waals surface area contributed by atoms with Crippen LogP contribution in [0.5, 0.6) is 5.75 Å². The summed E-state index contributed by atoms with van der Waals surface area (Å²) in [5.74, 6) is -0.0325. The van der Waals surface area contributed by atoms with Crippen molar-refractivity contribution in [3.63, 3.8) is 0 Å². The number of pyridine rings is 1. The van der Waals surface area contributed by atoms with E-state index in [0.717, 1.165) is 28.6 Å². The standard InChI is InChI=1S/C22H24N6O3/c1-4-28-19-13(10-23-28)7-8-14(20(19)31-3)24-15-9-17(26-21(29)12-5-6-12)25-16-11-27(2)22(30)18(15)16/h7-10,12H,4-6,11H2,1-3H3,(H2,24,25,26,29)/i2D3. The maximum Gasteiger partial charge on any atom is 0.257 e. The van der Waals surface area contributed by atoms with Crippen molar-refractivity contribution in [2.75, 3.05) is 24.7 Å². The summed E-state index contributed by atoms with van der Waals surface area (Å²) in [5.41, 5.74) is 2.15. The quantitative estimate of drug-likeness (QED) is 0.632. The van der Waals surface area contributed by atoms with Crippen molar-refractivity contribution in [1.82, 2.24) is 19.7 Å². The van der Waals surface area contributed by atoms with Gasteiger partial charge < -0.3 is 20.3 Å². The molecule has 3 heterocycles. The second-order valence-electron chi connectivity index (χ2n) is 7.70. The summed E-state index contributed by atoms with van der Waals surface area (Å²) in [6.45, 7) is -0.183. The van der Waals surface area contributed by atoms with Gasteiger partial charge in [-0.25, -0.2) is 4.98 Å². The first-order valence-electron chi connectivity index (χ1n) is 11.7. The molecule has 1 aromatic carbocycles. The molecule has 0 saturated heterocycles. The lowest BCUT2D eigenvalue weighted by molar-refractivity contribution is -0.117. The number of methoxy groups -OCH3 is 1. The lowest BCUT2D eigenvalue weighted by Gasteiger charge is -2.16. The van der Waals surface area contributed by atoms with Gasteiger partial charge in [0.15, 0.2) is 5.75 Å². The summed E-state index contributed by atoms with van der Waals surface area (Å²) in [4.78, 5) is 30.6. The van der Waals surface area contributed by atoms with Gasteiger partial charge in [-0.15, -0.1) is 0 Å². The molecule has 1 saturated carbocycles. The molecule has 5 rings (SSSR count). The number of benzene rings is 1. The predicted octanol–water partition coefficient (Wildman–Crippen LogP) is 3.14. The van der Waals surface area contributed by atoms with E-state index in [2.05, 4.69) is 20.7 Å². The Morgan fingerprint density at radius 1 is 1.35 bits per heavy atom. The number of nitrogens with zero attached hydrogens (tertiary/aromatic N) is 4. The number of hydrogen-bond acceptors (Lipinski definition) is 6. The highest BCUT2D eigenvalue weighted by Crippen LogP contribution is 2.39. The van der Waals surface area contributed by atoms with Crippen molar-refractivity contribution < 1.29 is 18.4 Å². The summed E-state index contributed by atoms with van der Waals surface area (Å²) in [7, 11) is 1.55. The van der Waals surface area contributed by atoms with Crippen LogP contribution in [0.2, 0.25) is 0 Å². The average molecular weight is 423 g/mol. The van der Waals surface area contributed by atoms with Crippen LogP contribution in [0.1, 0.15) is 39.9 Å². The average Bonchev–Trinajstić information content (AvgIpc) is 3.47. The molecular weight excluding hydrogens is 396 g/mol. The van der Waals surface area contributed by atoms with Crippen LogP contribution in [0.3, 0.4) is 0 Å². The van der Waals surface area contributed by atoms with E-state index in [1.165, 1.54) is 0 Å². The highest BCUT2D eigenvalue weighted by Gasteiger charge is 2.33. The number of hydrogen-bond donors (Lipinski definition) is 2. The zero-order valence-electron chi connectivity index (χ0n) is 20.2. The second-order valence-corrected chi connectivity index (χ2v) is 7.70. The minimum atomic E-state index is -2.61. The van der Waals surface area contributed by atoms with Crippen molar-refractivity contribution in [3.8, 4) is 5.75 Å². The zero-order valence-corrected chi connectivity index (χ0v) is 17.2. The molecular formula is C22H24N6O3. The van der Waals surface area contributed by atoms with E-state index in [0.29, 0.717) is 23.7 Å². The molecule has 0 bridgehead atoms. The number of anilines is 3. The number of aromatic nitrogens is 3. The van der Waals surface area contributed by atoms with Crippen molar-refractivity contribution in [3.05, 3.63) is 35.7 Å². The molecule has 1 fully saturated rings. The molecule has 2 aliphatic rings. The number of fused-ring (bicyclic) bond motifs is 2. The number of carbonyl (C=O) groups is 2. The summed E-state index contributed by atoms with van der Waals surface area (Å²) in [6, 6.07) is 5.24. The van der Waals surface area contributed by atoms with Gasteiger partial charge in [0.05, 0.1) is 42.5 Å². The monoisotopic (exact) mass is 423 g/mol. The van der Waals surface area contributed by atoms with Gasteiger partial charge in [-0.3, -0.25) is 14.3 Å². The highest BCUT2D eigenvalue weighted by molar-refractivity contribution is 6.05. The summed E-state index contributed by atoms with van der Waals surface area (Å²) >= 11 is 0. The summed E-state index contributed by atoms with van der Waals surface area (Å²) < 4.78 is 30.7. The number of aryl methyl sites for hydroxylation is 1. The van der Waals surface area contributed by atoms with Crippen LogP contribution in [0.25, 0.3) is 10.9 Å². The van der Waals surface area contributed by atoms with Gasteiger partial charge in [0.2, 0.25) is 5.91 Å². The van der Waals surface area contributed by atoms with E-state index in [4.69, 9.17) is 8.85 Å². The van der Waals surface area contributed by atoms with Crippen molar-refractivity contribution in [1.29, 1.82) is 0 Å². The topological polar surface area (TPSA) is 101 Å². The Balaban J connectivity index is 1.60. The van der Waals surface area contributed by atoms with Crippen molar-refractivity contribution >= 4 is 39.9 Å². The lowest BCUT2D eigenvalue weighted by Crippen LogP contribution is -2.18. The Morgan fingerprint density at radius 2 is 2.19 bits per heavy atom. The first kappa shape index (κ1) is 16.1. The van der Waals surface area contributed by atoms with Gasteiger partial charge in [0.25, 0.3) is 5.91 Å². The van der Waals surface area contributed by atoms with Gasteiger partial charge in [-0.1, -0.05) is 0 Å². The van der Waals surface area contributed by atoms with E-state index in [1.807, 2.05) is 13.0 Å². The third kappa shape index (κ3) is 3.26. The molecule has 1 aliphatic carbocycles. The number of ether oxygens (including phenoxy) is 1. The maximum atomic E-state index is 13.1. The van der Waals surface area contributed by atoms with Crippen LogP contribution >= 0.6 is 0 Å². The highest BCUT2D eigenvalue weighted by atomic mass is 16.5. The van der Waals surface area contributed by atoms with Crippen LogP contribution in [-0.2, 0) is 17.9 Å². The molecule has 0 spiro atoms. The molecule has 0 unspecified atom stereocenters. The van der Waals surface area contributed by atoms with E-state index in [9.17, 15) is 9.59 Å². The van der Waals surface area contributed by atoms with Gasteiger partial charge in [-0.05, 0) is 31.9 Å². The molecule has 3 aromatic rings. The van der Waals surface area contributed by atoms with Crippen molar-refractivity contribution in [2.45, 2.75) is 32.9 Å². The van der Waals surface area contributed by atoms with Gasteiger partial charge >= 0.3 is 0 Å². The first-order valence-corrected chi connectivity index (χ1v) is 10.2. The SMILES string of the molecule is [2H]C([2H])([2H])N1Cc2nc(NC(=O)C3CC3)cc(Nc3ccc4cnn(CC)c4c3OC)c2C1=O. The minimum Gasteiger partial charge on any atom is -0.492 e. The Hall–Kier alpha value is -3.62. The van der Waals surface area contributed by atoms with E-state index in [-0.39, 0.29) is 35.4 Å². The minimum absolute atomic E-state index is 0.0381. The molecule has 0 radical (unpaired) electrons. The first-order chi connectivity index (χ1) is 16.2. The summed E-state index contributed by atoms with van der Waals surface area (Å²) in [5, 5.41) is 11.3. The molecule has 2 N–H and O–H groups in total. The largest absolute Gasteiger partial charge is 0.492 e. The van der Waals surface area contributed by atoms with Crippen LogP contribution < -0.4 is 15.4 Å². The predicted molar refractivity (Wildman–Crippen MR) is 117 cm³/mol. The van der Waals surface area contributed by atoms with Crippen LogP contribution in [-0.4, -0.2) is 45.6 Å². The normalized spacial score (nSPS) is 17.2. The molecule has 2 aromatic heterocycles. The van der Waals surface area contributed by atoms with Gasteiger partial charge in [0.1, 0.15) is 11.3 Å². The Labute approximate surface area is 183 Å². The Bertz CT molecular complexity index is 1320. The van der Waals surface area contributed by atoms with Crippen LogP contribution in [0.15, 0.2) is 24.4 Å². The molecule has 1 aliphatic heterocycles. The van der Waals surface area contributed by atoms with E-state index < -0.39 is 12.9 Å². The van der Waals surface area contributed by atoms with E-state index in [1.54, 1.807) is 30.1 Å². The van der Waals surface area contributed by atoms with Crippen LogP contribution in [0, 0.1) is 5.92 Å². The molecule has 160 valence electrons. The third-order valence-corrected chi connectivity index (χ3v) is 5.59. The Morgan fingerprint density at radius 3 is 2.90 bits per heavy atom. The fraction of sp³-hybridized carbons (Fsp3) is 0.364. The van der Waals surface area contributed by atoms with Gasteiger partial charge in [-0.2, -0.15) is 5.10 Å². The van der Waals surface area contributed by atoms with E-state index >= 15 is 0 Å². The molecule has 31 heavy (non-hydrogen) atoms. The second kappa shape index (κ2) is 7.26. The number of nitrogens with one attached hydrogen (secondary N) is 2. The van der Waals surface area contributed by atoms with Gasteiger partial charge in [0, 0.05) is 35.0 Å². The Kier molecular flexibility index (Phi) is 3.78. The van der Waals surface area contributed by atoms with Crippen molar-refractivity contribution in [2.24, 2.45) is 5.92 Å². The third-order valence-electron chi connectivity index (χ3n) is 5.59. The summed E-state index contributed by atoms with van der Waals surface area (Å²) in [6.07, 6.45) is 3.41. The fourth-order valence-electron chi connectivity index (χ4n) is 3.88. The molecule has 2 amide bonds.